The van der Waals surface area contributed by atoms with Crippen molar-refractivity contribution in [1.29, 1.82) is 0 Å². The Balaban J connectivity index is 2.07. The van der Waals surface area contributed by atoms with Crippen molar-refractivity contribution in [3.63, 3.8) is 0 Å². The lowest BCUT2D eigenvalue weighted by molar-refractivity contribution is -0.117. The summed E-state index contributed by atoms with van der Waals surface area (Å²) in [5, 5.41) is 0.107. The summed E-state index contributed by atoms with van der Waals surface area (Å²) in [6.07, 6.45) is 0.508. The van der Waals surface area contributed by atoms with E-state index >= 15 is 0 Å². The average Bonchev–Trinajstić information content (AvgIpc) is 2.78. The van der Waals surface area contributed by atoms with Gasteiger partial charge in [0, 0.05) is 31.3 Å². The smallest absolute Gasteiger partial charge is 0.228 e. The lowest BCUT2D eigenvalue weighted by Crippen LogP contribution is -2.26. The molecule has 5 heteroatoms. The Morgan fingerprint density at radius 3 is 2.90 bits per heavy atom. The fraction of sp³-hybridized carbons (Fsp3) is 0.533. The van der Waals surface area contributed by atoms with Gasteiger partial charge >= 0.3 is 0 Å². The van der Waals surface area contributed by atoms with E-state index in [1.54, 1.807) is 11.8 Å². The molecule has 0 radical (unpaired) electrons. The highest BCUT2D eigenvalue weighted by Gasteiger charge is 2.31. The van der Waals surface area contributed by atoms with Gasteiger partial charge in [-0.3, -0.25) is 14.5 Å². The summed E-state index contributed by atoms with van der Waals surface area (Å²) in [5.41, 5.74) is 0.997. The zero-order chi connectivity index (χ0) is 14.7. The van der Waals surface area contributed by atoms with E-state index in [1.165, 1.54) is 11.8 Å². The van der Waals surface area contributed by atoms with E-state index in [0.717, 1.165) is 11.5 Å². The van der Waals surface area contributed by atoms with Gasteiger partial charge in [0.25, 0.3) is 0 Å². The first-order chi connectivity index (χ1) is 9.47. The zero-order valence-electron chi connectivity index (χ0n) is 12.1. The van der Waals surface area contributed by atoms with E-state index in [1.807, 2.05) is 18.2 Å². The van der Waals surface area contributed by atoms with Crippen LogP contribution in [0.25, 0.3) is 0 Å². The third-order valence-corrected chi connectivity index (χ3v) is 4.40. The predicted octanol–water partition coefficient (Wildman–Crippen LogP) is 2.84. The fourth-order valence-corrected chi connectivity index (χ4v) is 2.95. The van der Waals surface area contributed by atoms with Crippen LogP contribution < -0.4 is 4.90 Å². The molecule has 2 heterocycles. The van der Waals surface area contributed by atoms with Crippen molar-refractivity contribution in [2.24, 2.45) is 5.92 Å². The number of hydrogen-bond acceptors (Lipinski definition) is 4. The van der Waals surface area contributed by atoms with Gasteiger partial charge in [0.1, 0.15) is 5.82 Å². The number of aromatic nitrogens is 1. The van der Waals surface area contributed by atoms with Crippen molar-refractivity contribution < 1.29 is 9.59 Å². The van der Waals surface area contributed by atoms with Gasteiger partial charge in [-0.2, -0.15) is 0 Å². The van der Waals surface area contributed by atoms with Crippen LogP contribution >= 0.6 is 11.8 Å². The lowest BCUT2D eigenvalue weighted by atomic mass is 10.1. The van der Waals surface area contributed by atoms with E-state index < -0.39 is 0 Å². The molecule has 1 aliphatic heterocycles. The Hall–Kier alpha value is -1.36. The molecule has 1 aromatic heterocycles. The number of carbonyl (C=O) groups is 2. The maximum Gasteiger partial charge on any atom is 0.228 e. The molecule has 0 N–H and O–H groups in total. The highest BCUT2D eigenvalue weighted by atomic mass is 32.2. The number of pyridine rings is 1. The van der Waals surface area contributed by atoms with Crippen LogP contribution in [0, 0.1) is 5.92 Å². The van der Waals surface area contributed by atoms with Gasteiger partial charge in [-0.05, 0) is 24.0 Å². The first-order valence-corrected chi connectivity index (χ1v) is 7.86. The lowest BCUT2D eigenvalue weighted by Gasteiger charge is -2.17. The SMILES string of the molecule is CC(=O)SCC1CC(=O)N(c2cccc(C(C)C)n2)C1. The first kappa shape index (κ1) is 15.0. The molecule has 1 aliphatic rings. The molecule has 1 saturated heterocycles. The Kier molecular flexibility index (Phi) is 4.81. The van der Waals surface area contributed by atoms with Crippen LogP contribution in [-0.4, -0.2) is 28.3 Å². The van der Waals surface area contributed by atoms with E-state index in [2.05, 4.69) is 18.8 Å². The molecule has 0 saturated carbocycles. The molecule has 4 nitrogen and oxygen atoms in total. The highest BCUT2D eigenvalue weighted by Crippen LogP contribution is 2.27. The van der Waals surface area contributed by atoms with Crippen LogP contribution in [-0.2, 0) is 9.59 Å². The normalized spacial score (nSPS) is 18.9. The maximum atomic E-state index is 12.1. The molecule has 0 aromatic carbocycles. The second kappa shape index (κ2) is 6.39. The van der Waals surface area contributed by atoms with Crippen molar-refractivity contribution >= 4 is 28.6 Å². The van der Waals surface area contributed by atoms with Crippen molar-refractivity contribution in [1.82, 2.24) is 4.98 Å². The number of hydrogen-bond donors (Lipinski definition) is 0. The summed E-state index contributed by atoms with van der Waals surface area (Å²) in [5.74, 6) is 2.13. The number of amides is 1. The second-order valence-corrected chi connectivity index (χ2v) is 6.65. The minimum atomic E-state index is 0.104. The number of nitrogens with zero attached hydrogens (tertiary/aromatic N) is 2. The van der Waals surface area contributed by atoms with Gasteiger partial charge in [0.15, 0.2) is 5.12 Å². The minimum absolute atomic E-state index is 0.104. The molecule has 108 valence electrons. The molecule has 1 atom stereocenters. The average molecular weight is 292 g/mol. The van der Waals surface area contributed by atoms with Crippen LogP contribution in [0.5, 0.6) is 0 Å². The Labute approximate surface area is 124 Å². The molecule has 1 amide bonds. The van der Waals surface area contributed by atoms with Crippen LogP contribution in [0.2, 0.25) is 0 Å². The number of thioether (sulfide) groups is 1. The topological polar surface area (TPSA) is 50.3 Å². The van der Waals surface area contributed by atoms with Crippen LogP contribution in [0.3, 0.4) is 0 Å². The van der Waals surface area contributed by atoms with E-state index in [-0.39, 0.29) is 16.9 Å². The number of anilines is 1. The largest absolute Gasteiger partial charge is 0.296 e. The minimum Gasteiger partial charge on any atom is -0.296 e. The Bertz CT molecular complexity index is 516. The van der Waals surface area contributed by atoms with Gasteiger partial charge in [0.05, 0.1) is 0 Å². The summed E-state index contributed by atoms with van der Waals surface area (Å²) < 4.78 is 0. The first-order valence-electron chi connectivity index (χ1n) is 6.88. The van der Waals surface area contributed by atoms with Crippen molar-refractivity contribution in [3.05, 3.63) is 23.9 Å². The molecule has 0 spiro atoms. The molecular weight excluding hydrogens is 272 g/mol. The van der Waals surface area contributed by atoms with Gasteiger partial charge in [-0.25, -0.2) is 4.98 Å². The third-order valence-electron chi connectivity index (χ3n) is 3.35. The second-order valence-electron chi connectivity index (χ2n) is 5.45. The van der Waals surface area contributed by atoms with Gasteiger partial charge in [-0.15, -0.1) is 0 Å². The highest BCUT2D eigenvalue weighted by molar-refractivity contribution is 8.13. The maximum absolute atomic E-state index is 12.1. The van der Waals surface area contributed by atoms with Crippen molar-refractivity contribution in [2.75, 3.05) is 17.2 Å². The van der Waals surface area contributed by atoms with E-state index in [4.69, 9.17) is 0 Å². The van der Waals surface area contributed by atoms with Crippen LogP contribution in [0.15, 0.2) is 18.2 Å². The van der Waals surface area contributed by atoms with Crippen molar-refractivity contribution in [2.45, 2.75) is 33.1 Å². The zero-order valence-corrected chi connectivity index (χ0v) is 12.9. The Morgan fingerprint density at radius 1 is 1.50 bits per heavy atom. The fourth-order valence-electron chi connectivity index (χ4n) is 2.26. The summed E-state index contributed by atoms with van der Waals surface area (Å²) >= 11 is 1.30. The van der Waals surface area contributed by atoms with Gasteiger partial charge in [0.2, 0.25) is 5.91 Å². The molecule has 0 aliphatic carbocycles. The predicted molar refractivity (Wildman–Crippen MR) is 81.9 cm³/mol. The molecule has 1 unspecified atom stereocenters. The molecule has 0 bridgehead atoms. The summed E-state index contributed by atoms with van der Waals surface area (Å²) in [6, 6.07) is 5.81. The van der Waals surface area contributed by atoms with Gasteiger partial charge in [-0.1, -0.05) is 31.7 Å². The van der Waals surface area contributed by atoms with Crippen molar-refractivity contribution in [3.8, 4) is 0 Å². The molecule has 2 rings (SSSR count). The van der Waals surface area contributed by atoms with Gasteiger partial charge < -0.3 is 0 Å². The number of rotatable bonds is 4. The molecule has 1 fully saturated rings. The Morgan fingerprint density at radius 2 is 2.25 bits per heavy atom. The van der Waals surface area contributed by atoms with E-state index in [0.29, 0.717) is 24.6 Å². The molecular formula is C15H20N2O2S. The third kappa shape index (κ3) is 3.60. The van der Waals surface area contributed by atoms with Crippen LogP contribution in [0.1, 0.15) is 38.8 Å². The number of carbonyl (C=O) groups excluding carboxylic acids is 2. The van der Waals surface area contributed by atoms with Crippen LogP contribution in [0.4, 0.5) is 5.82 Å². The quantitative estimate of drug-likeness (QED) is 0.856. The van der Waals surface area contributed by atoms with E-state index in [9.17, 15) is 9.59 Å². The summed E-state index contributed by atoms with van der Waals surface area (Å²) in [4.78, 5) is 29.4. The molecule has 1 aromatic rings. The molecule has 20 heavy (non-hydrogen) atoms. The summed E-state index contributed by atoms with van der Waals surface area (Å²) in [7, 11) is 0. The monoisotopic (exact) mass is 292 g/mol. The standard InChI is InChI=1S/C15H20N2O2S/c1-10(2)13-5-4-6-14(16-13)17-8-12(7-15(17)19)9-20-11(3)18/h4-6,10,12H,7-9H2,1-3H3. The summed E-state index contributed by atoms with van der Waals surface area (Å²) in [6.45, 7) is 6.40.